The molecule has 0 heterocycles. The van der Waals surface area contributed by atoms with Crippen molar-refractivity contribution in [3.05, 3.63) is 36.5 Å². The van der Waals surface area contributed by atoms with Crippen LogP contribution in [-0.4, -0.2) is 0 Å². The molecule has 0 spiro atoms. The van der Waals surface area contributed by atoms with E-state index in [1.54, 1.807) is 24.4 Å². The lowest BCUT2D eigenvalue weighted by atomic mass is 10.2. The second-order valence-corrected chi connectivity index (χ2v) is 2.26. The van der Waals surface area contributed by atoms with E-state index in [9.17, 15) is 0 Å². The zero-order valence-corrected chi connectivity index (χ0v) is 6.54. The van der Waals surface area contributed by atoms with Crippen LogP contribution in [0, 0.1) is 11.3 Å². The molecule has 1 rings (SSSR count). The average molecular weight is 159 g/mol. The molecule has 0 bridgehead atoms. The van der Waals surface area contributed by atoms with Crippen molar-refractivity contribution in [2.24, 2.45) is 0 Å². The highest BCUT2D eigenvalue weighted by atomic mass is 14.8. The van der Waals surface area contributed by atoms with Gasteiger partial charge in [-0.15, -0.1) is 0 Å². The lowest BCUT2D eigenvalue weighted by Crippen LogP contribution is -1.92. The number of nitrogens with two attached hydrogens (primary N) is 1. The summed E-state index contributed by atoms with van der Waals surface area (Å²) in [4.78, 5) is 0. The van der Waals surface area contributed by atoms with Gasteiger partial charge >= 0.3 is 0 Å². The van der Waals surface area contributed by atoms with Gasteiger partial charge in [-0.05, 0) is 24.4 Å². The predicted octanol–water partition coefficient (Wildman–Crippen LogP) is 1.70. The van der Waals surface area contributed by atoms with Crippen molar-refractivity contribution in [1.29, 1.82) is 5.26 Å². The first-order valence-electron chi connectivity index (χ1n) is 3.45. The van der Waals surface area contributed by atoms with Gasteiger partial charge in [-0.25, -0.2) is 0 Å². The smallest absolute Gasteiger partial charge is 0.101 e. The van der Waals surface area contributed by atoms with Gasteiger partial charge in [0.25, 0.3) is 0 Å². The molecule has 60 valence electrons. The molecule has 0 aromatic heterocycles. The molecule has 3 nitrogen and oxygen atoms in total. The minimum Gasteiger partial charge on any atom is -0.398 e. The first-order valence-corrected chi connectivity index (χ1v) is 3.45. The van der Waals surface area contributed by atoms with Gasteiger partial charge in [0.05, 0.1) is 5.56 Å². The first-order chi connectivity index (χ1) is 5.77. The summed E-state index contributed by atoms with van der Waals surface area (Å²) < 4.78 is 0. The highest BCUT2D eigenvalue weighted by molar-refractivity contribution is 5.62. The third-order valence-electron chi connectivity index (χ3n) is 1.44. The second-order valence-electron chi connectivity index (χ2n) is 2.26. The summed E-state index contributed by atoms with van der Waals surface area (Å²) in [6.07, 6.45) is 1.55. The van der Waals surface area contributed by atoms with E-state index in [0.29, 0.717) is 11.3 Å². The molecule has 0 fully saturated rings. The van der Waals surface area contributed by atoms with Gasteiger partial charge < -0.3 is 11.1 Å². The van der Waals surface area contributed by atoms with Crippen LogP contribution in [0.15, 0.2) is 31.0 Å². The van der Waals surface area contributed by atoms with Gasteiger partial charge in [0, 0.05) is 11.4 Å². The van der Waals surface area contributed by atoms with Crippen molar-refractivity contribution in [2.45, 2.75) is 0 Å². The SMILES string of the molecule is C=CNc1ccc(N)c(C#N)c1. The normalized spacial score (nSPS) is 8.58. The molecule has 0 amide bonds. The summed E-state index contributed by atoms with van der Waals surface area (Å²) in [5, 5.41) is 11.5. The van der Waals surface area contributed by atoms with Gasteiger partial charge in [-0.2, -0.15) is 5.26 Å². The van der Waals surface area contributed by atoms with E-state index in [1.165, 1.54) is 0 Å². The van der Waals surface area contributed by atoms with Crippen molar-refractivity contribution in [1.82, 2.24) is 0 Å². The van der Waals surface area contributed by atoms with E-state index in [2.05, 4.69) is 11.9 Å². The maximum absolute atomic E-state index is 8.63. The largest absolute Gasteiger partial charge is 0.398 e. The number of nitriles is 1. The van der Waals surface area contributed by atoms with Crippen LogP contribution in [0.5, 0.6) is 0 Å². The Hall–Kier alpha value is -1.95. The van der Waals surface area contributed by atoms with Crippen LogP contribution in [0.25, 0.3) is 0 Å². The van der Waals surface area contributed by atoms with E-state index in [4.69, 9.17) is 11.0 Å². The fraction of sp³-hybridized carbons (Fsp3) is 0. The third kappa shape index (κ3) is 1.55. The molecule has 1 aromatic rings. The van der Waals surface area contributed by atoms with Crippen LogP contribution in [0.3, 0.4) is 0 Å². The predicted molar refractivity (Wildman–Crippen MR) is 49.4 cm³/mol. The molecule has 0 unspecified atom stereocenters. The molecule has 3 heteroatoms. The quantitative estimate of drug-likeness (QED) is 0.645. The summed E-state index contributed by atoms with van der Waals surface area (Å²) >= 11 is 0. The standard InChI is InChI=1S/C9H9N3/c1-2-12-8-3-4-9(11)7(5-8)6-10/h2-5,12H,1,11H2. The Morgan fingerprint density at radius 1 is 1.58 bits per heavy atom. The van der Waals surface area contributed by atoms with Crippen LogP contribution < -0.4 is 11.1 Å². The molecule has 0 radical (unpaired) electrons. The number of nitrogens with one attached hydrogen (secondary N) is 1. The van der Waals surface area contributed by atoms with Crippen LogP contribution in [0.1, 0.15) is 5.56 Å². The molecule has 3 N–H and O–H groups in total. The number of benzene rings is 1. The number of nitrogen functional groups attached to an aromatic ring is 1. The summed E-state index contributed by atoms with van der Waals surface area (Å²) in [5.41, 5.74) is 7.30. The number of hydrogen-bond acceptors (Lipinski definition) is 3. The highest BCUT2D eigenvalue weighted by Crippen LogP contribution is 2.16. The summed E-state index contributed by atoms with van der Waals surface area (Å²) in [5.74, 6) is 0. The first kappa shape index (κ1) is 8.15. The molecule has 1 aromatic carbocycles. The zero-order chi connectivity index (χ0) is 8.97. The molecule has 0 aliphatic rings. The summed E-state index contributed by atoms with van der Waals surface area (Å²) in [6, 6.07) is 7.15. The molecule has 12 heavy (non-hydrogen) atoms. The molecule has 0 saturated heterocycles. The number of anilines is 2. The fourth-order valence-electron chi connectivity index (χ4n) is 0.861. The van der Waals surface area contributed by atoms with Crippen molar-refractivity contribution in [2.75, 3.05) is 11.1 Å². The van der Waals surface area contributed by atoms with Crippen molar-refractivity contribution >= 4 is 11.4 Å². The van der Waals surface area contributed by atoms with Gasteiger partial charge in [-0.3, -0.25) is 0 Å². The highest BCUT2D eigenvalue weighted by Gasteiger charge is 1.97. The molecular weight excluding hydrogens is 150 g/mol. The Morgan fingerprint density at radius 2 is 2.33 bits per heavy atom. The van der Waals surface area contributed by atoms with E-state index in [0.717, 1.165) is 5.69 Å². The Balaban J connectivity index is 3.07. The number of hydrogen-bond donors (Lipinski definition) is 2. The van der Waals surface area contributed by atoms with Crippen molar-refractivity contribution < 1.29 is 0 Å². The summed E-state index contributed by atoms with van der Waals surface area (Å²) in [6.45, 7) is 3.51. The Kier molecular flexibility index (Phi) is 2.34. The maximum atomic E-state index is 8.63. The van der Waals surface area contributed by atoms with Gasteiger partial charge in [0.15, 0.2) is 0 Å². The topological polar surface area (TPSA) is 61.8 Å². The maximum Gasteiger partial charge on any atom is 0.101 e. The van der Waals surface area contributed by atoms with E-state index in [-0.39, 0.29) is 0 Å². The fourth-order valence-corrected chi connectivity index (χ4v) is 0.861. The van der Waals surface area contributed by atoms with Crippen LogP contribution in [0.4, 0.5) is 11.4 Å². The number of nitrogens with zero attached hydrogens (tertiary/aromatic N) is 1. The van der Waals surface area contributed by atoms with Crippen LogP contribution >= 0.6 is 0 Å². The van der Waals surface area contributed by atoms with Crippen molar-refractivity contribution in [3.8, 4) is 6.07 Å². The van der Waals surface area contributed by atoms with Crippen LogP contribution in [0.2, 0.25) is 0 Å². The van der Waals surface area contributed by atoms with Gasteiger partial charge in [0.2, 0.25) is 0 Å². The van der Waals surface area contributed by atoms with Gasteiger partial charge in [0.1, 0.15) is 6.07 Å². The molecule has 0 atom stereocenters. The number of rotatable bonds is 2. The minimum atomic E-state index is 0.474. The van der Waals surface area contributed by atoms with Crippen molar-refractivity contribution in [3.63, 3.8) is 0 Å². The monoisotopic (exact) mass is 159 g/mol. The molecular formula is C9H9N3. The minimum absolute atomic E-state index is 0.474. The summed E-state index contributed by atoms with van der Waals surface area (Å²) in [7, 11) is 0. The lowest BCUT2D eigenvalue weighted by Gasteiger charge is -2.01. The van der Waals surface area contributed by atoms with E-state index >= 15 is 0 Å². The Labute approximate surface area is 71.1 Å². The molecule has 0 saturated carbocycles. The van der Waals surface area contributed by atoms with Gasteiger partial charge in [-0.1, -0.05) is 6.58 Å². The zero-order valence-electron chi connectivity index (χ0n) is 6.54. The van der Waals surface area contributed by atoms with E-state index in [1.807, 2.05) is 6.07 Å². The average Bonchev–Trinajstić information content (AvgIpc) is 2.09. The second kappa shape index (κ2) is 3.44. The third-order valence-corrected chi connectivity index (χ3v) is 1.44. The Morgan fingerprint density at radius 3 is 2.92 bits per heavy atom. The molecule has 0 aliphatic heterocycles. The molecule has 0 aliphatic carbocycles. The van der Waals surface area contributed by atoms with Crippen LogP contribution in [-0.2, 0) is 0 Å². The Bertz CT molecular complexity index is 336. The lowest BCUT2D eigenvalue weighted by molar-refractivity contribution is 1.47. The van der Waals surface area contributed by atoms with E-state index < -0.39 is 0 Å².